The maximum Gasteiger partial charge on any atom is 0.414 e. The number of cyclic esters (lactones) is 1. The lowest BCUT2D eigenvalue weighted by Crippen LogP contribution is -2.37. The van der Waals surface area contributed by atoms with Gasteiger partial charge in [0.25, 0.3) is 5.91 Å². The molecule has 1 saturated heterocycles. The van der Waals surface area contributed by atoms with Crippen LogP contribution in [-0.2, 0) is 25.6 Å². The molecule has 1 fully saturated rings. The first kappa shape index (κ1) is 23.3. The topological polar surface area (TPSA) is 107 Å². The van der Waals surface area contributed by atoms with Crippen molar-refractivity contribution in [2.24, 2.45) is 0 Å². The van der Waals surface area contributed by atoms with Crippen molar-refractivity contribution < 1.29 is 32.6 Å². The van der Waals surface area contributed by atoms with Gasteiger partial charge < -0.3 is 14.4 Å². The molecule has 0 aliphatic carbocycles. The lowest BCUT2D eigenvalue weighted by Gasteiger charge is -2.27. The number of ether oxygens (including phenoxy) is 2. The number of benzene rings is 1. The number of rotatable bonds is 6. The van der Waals surface area contributed by atoms with Crippen LogP contribution in [0.4, 0.5) is 19.3 Å². The van der Waals surface area contributed by atoms with Crippen LogP contribution in [0.2, 0.25) is 0 Å². The second-order valence-electron chi connectivity index (χ2n) is 8.08. The average molecular weight is 475 g/mol. The number of nitrogens with zero attached hydrogens (tertiary/aromatic N) is 5. The van der Waals surface area contributed by atoms with Crippen molar-refractivity contribution in [2.75, 3.05) is 31.1 Å². The maximum absolute atomic E-state index is 15.0. The van der Waals surface area contributed by atoms with Crippen LogP contribution in [0.15, 0.2) is 24.4 Å². The van der Waals surface area contributed by atoms with Crippen LogP contribution in [0.1, 0.15) is 24.6 Å². The van der Waals surface area contributed by atoms with Crippen molar-refractivity contribution in [1.82, 2.24) is 19.9 Å². The Labute approximate surface area is 193 Å². The second kappa shape index (κ2) is 9.57. The number of esters is 1. The fourth-order valence-corrected chi connectivity index (χ4v) is 3.92. The van der Waals surface area contributed by atoms with Crippen molar-refractivity contribution in [3.8, 4) is 0 Å². The molecule has 3 heterocycles. The summed E-state index contributed by atoms with van der Waals surface area (Å²) in [5.74, 6) is -2.58. The minimum absolute atomic E-state index is 0.0515. The van der Waals surface area contributed by atoms with Crippen LogP contribution in [0.25, 0.3) is 5.57 Å². The molecule has 0 N–H and O–H groups in total. The Kier molecular flexibility index (Phi) is 6.57. The van der Waals surface area contributed by atoms with Crippen LogP contribution in [0.3, 0.4) is 0 Å². The summed E-state index contributed by atoms with van der Waals surface area (Å²) in [6, 6.07) is 2.20. The Morgan fingerprint density at radius 3 is 2.59 bits per heavy atom. The first-order valence-corrected chi connectivity index (χ1v) is 10.7. The molecule has 1 aromatic carbocycles. The molecule has 0 saturated carbocycles. The van der Waals surface area contributed by atoms with Crippen molar-refractivity contribution in [3.63, 3.8) is 0 Å². The van der Waals surface area contributed by atoms with Crippen molar-refractivity contribution in [2.45, 2.75) is 32.9 Å². The molecule has 1 aromatic heterocycles. The predicted octanol–water partition coefficient (Wildman–Crippen LogP) is 2.07. The van der Waals surface area contributed by atoms with E-state index in [2.05, 4.69) is 10.3 Å². The number of aryl methyl sites for hydroxylation is 1. The Balaban J connectivity index is 1.44. The quantitative estimate of drug-likeness (QED) is 0.589. The molecule has 12 heteroatoms. The Morgan fingerprint density at radius 2 is 2.00 bits per heavy atom. The van der Waals surface area contributed by atoms with E-state index in [1.165, 1.54) is 21.4 Å². The summed E-state index contributed by atoms with van der Waals surface area (Å²) in [5.41, 5.74) is 0.991. The highest BCUT2D eigenvalue weighted by atomic mass is 19.1. The number of hydrogen-bond acceptors (Lipinski definition) is 7. The van der Waals surface area contributed by atoms with Crippen molar-refractivity contribution in [1.29, 1.82) is 0 Å². The predicted molar refractivity (Wildman–Crippen MR) is 115 cm³/mol. The summed E-state index contributed by atoms with van der Waals surface area (Å²) in [6.45, 7) is 3.36. The van der Waals surface area contributed by atoms with Crippen LogP contribution in [-0.4, -0.2) is 70.2 Å². The van der Waals surface area contributed by atoms with E-state index in [-0.39, 0.29) is 56.4 Å². The Hall–Kier alpha value is -3.83. The number of anilines is 1. The Bertz CT molecular complexity index is 1140. The molecular formula is C22H23F2N5O5. The summed E-state index contributed by atoms with van der Waals surface area (Å²) in [4.78, 5) is 37.9. The minimum Gasteiger partial charge on any atom is -0.456 e. The van der Waals surface area contributed by atoms with Crippen molar-refractivity contribution >= 4 is 29.2 Å². The fraction of sp³-hybridized carbons (Fsp3) is 0.409. The van der Waals surface area contributed by atoms with Gasteiger partial charge in [0.05, 0.1) is 24.5 Å². The standard InChI is InChI=1S/C22H23F2N5O5/c1-13-9-28(26-25-13)10-17-11-29(22(32)34-17)16-7-18(23)21(19(24)8-16)15-3-5-27(6-4-15)20(31)12-33-14(2)30/h3,7-9,17H,4-6,10-12H2,1-2H3/t17-/m0/s1. The zero-order chi connectivity index (χ0) is 24.4. The highest BCUT2D eigenvalue weighted by molar-refractivity contribution is 5.90. The molecule has 0 radical (unpaired) electrons. The third kappa shape index (κ3) is 5.05. The molecule has 1 atom stereocenters. The Morgan fingerprint density at radius 1 is 1.26 bits per heavy atom. The highest BCUT2D eigenvalue weighted by Crippen LogP contribution is 2.32. The molecule has 2 aliphatic rings. The van der Waals surface area contributed by atoms with Gasteiger partial charge >= 0.3 is 12.1 Å². The molecule has 2 aromatic rings. The van der Waals surface area contributed by atoms with E-state index >= 15 is 0 Å². The number of amides is 2. The summed E-state index contributed by atoms with van der Waals surface area (Å²) in [5, 5.41) is 7.79. The average Bonchev–Trinajstić information content (AvgIpc) is 3.36. The van der Waals surface area contributed by atoms with Crippen molar-refractivity contribution in [3.05, 3.63) is 47.3 Å². The number of hydrogen-bond donors (Lipinski definition) is 0. The normalized spacial score (nSPS) is 18.1. The molecule has 0 bridgehead atoms. The van der Waals surface area contributed by atoms with E-state index in [0.29, 0.717) is 5.57 Å². The van der Waals surface area contributed by atoms with E-state index < -0.39 is 29.8 Å². The minimum atomic E-state index is -0.816. The van der Waals surface area contributed by atoms with Gasteiger partial charge in [-0.05, 0) is 31.1 Å². The lowest BCUT2D eigenvalue weighted by atomic mass is 9.97. The van der Waals surface area contributed by atoms with Gasteiger partial charge in [0.1, 0.15) is 17.7 Å². The number of carbonyl (C=O) groups excluding carboxylic acids is 3. The molecule has 10 nitrogen and oxygen atoms in total. The van der Waals surface area contributed by atoms with Gasteiger partial charge in [-0.25, -0.2) is 18.3 Å². The van der Waals surface area contributed by atoms with Gasteiger partial charge in [-0.15, -0.1) is 5.10 Å². The van der Waals surface area contributed by atoms with E-state index in [1.807, 2.05) is 0 Å². The van der Waals surface area contributed by atoms with Gasteiger partial charge in [-0.1, -0.05) is 11.3 Å². The summed E-state index contributed by atoms with van der Waals surface area (Å²) in [7, 11) is 0. The van der Waals surface area contributed by atoms with Gasteiger partial charge in [-0.2, -0.15) is 0 Å². The first-order valence-electron chi connectivity index (χ1n) is 10.7. The SMILES string of the molecule is CC(=O)OCC(=O)N1CC=C(c2c(F)cc(N3C[C@H](Cn4cc(C)nn4)OC3=O)cc2F)CC1. The van der Waals surface area contributed by atoms with E-state index in [4.69, 9.17) is 9.47 Å². The second-order valence-corrected chi connectivity index (χ2v) is 8.08. The molecule has 0 spiro atoms. The van der Waals surface area contributed by atoms with Crippen LogP contribution >= 0.6 is 0 Å². The van der Waals surface area contributed by atoms with Gasteiger partial charge in [-0.3, -0.25) is 14.5 Å². The molecule has 2 aliphatic heterocycles. The summed E-state index contributed by atoms with van der Waals surface area (Å²) < 4.78 is 41.5. The molecule has 180 valence electrons. The molecule has 0 unspecified atom stereocenters. The fourth-order valence-electron chi connectivity index (χ4n) is 3.92. The van der Waals surface area contributed by atoms with Gasteiger partial charge in [0, 0.05) is 31.8 Å². The number of halogens is 2. The highest BCUT2D eigenvalue weighted by Gasteiger charge is 2.34. The largest absolute Gasteiger partial charge is 0.456 e. The smallest absolute Gasteiger partial charge is 0.414 e. The third-order valence-electron chi connectivity index (χ3n) is 5.54. The number of carbonyl (C=O) groups is 3. The molecule has 34 heavy (non-hydrogen) atoms. The summed E-state index contributed by atoms with van der Waals surface area (Å²) >= 11 is 0. The first-order chi connectivity index (χ1) is 16.2. The van der Waals surface area contributed by atoms with E-state index in [9.17, 15) is 23.2 Å². The lowest BCUT2D eigenvalue weighted by molar-refractivity contribution is -0.150. The van der Waals surface area contributed by atoms with Gasteiger partial charge in [0.15, 0.2) is 6.61 Å². The zero-order valence-electron chi connectivity index (χ0n) is 18.7. The number of aromatic nitrogens is 3. The van der Waals surface area contributed by atoms with E-state index in [0.717, 1.165) is 17.8 Å². The van der Waals surface area contributed by atoms with Gasteiger partial charge in [0.2, 0.25) is 0 Å². The monoisotopic (exact) mass is 475 g/mol. The van der Waals surface area contributed by atoms with Crippen LogP contribution in [0, 0.1) is 18.6 Å². The zero-order valence-corrected chi connectivity index (χ0v) is 18.7. The van der Waals surface area contributed by atoms with E-state index in [1.54, 1.807) is 19.2 Å². The van der Waals surface area contributed by atoms with Crippen LogP contribution < -0.4 is 4.90 Å². The van der Waals surface area contributed by atoms with Crippen LogP contribution in [0.5, 0.6) is 0 Å². The molecule has 2 amide bonds. The maximum atomic E-state index is 15.0. The molecular weight excluding hydrogens is 452 g/mol. The summed E-state index contributed by atoms with van der Waals surface area (Å²) in [6.07, 6.45) is 2.25. The molecule has 4 rings (SSSR count). The third-order valence-corrected chi connectivity index (χ3v) is 5.54.